The van der Waals surface area contributed by atoms with Crippen LogP contribution in [0, 0.1) is 12.7 Å². The third-order valence-electron chi connectivity index (χ3n) is 4.03. The number of hydrogen-bond acceptors (Lipinski definition) is 3. The van der Waals surface area contributed by atoms with E-state index in [2.05, 4.69) is 10.3 Å². The summed E-state index contributed by atoms with van der Waals surface area (Å²) >= 11 is 5.89. The van der Waals surface area contributed by atoms with Gasteiger partial charge in [0.2, 0.25) is 0 Å². The number of carbonyl (C=O) groups excluding carboxylic acids is 1. The Kier molecular flexibility index (Phi) is 5.23. The Balaban J connectivity index is 1.95. The molecule has 0 aliphatic carbocycles. The highest BCUT2D eigenvalue weighted by molar-refractivity contribution is 6.30. The minimum absolute atomic E-state index is 0.163. The fourth-order valence-electron chi connectivity index (χ4n) is 2.57. The van der Waals surface area contributed by atoms with Crippen molar-refractivity contribution in [2.75, 3.05) is 5.32 Å². The largest absolute Gasteiger partial charge is 0.328 e. The van der Waals surface area contributed by atoms with Crippen LogP contribution in [-0.2, 0) is 6.54 Å². The van der Waals surface area contributed by atoms with Crippen molar-refractivity contribution in [1.29, 1.82) is 0 Å². The van der Waals surface area contributed by atoms with Crippen molar-refractivity contribution in [3.8, 4) is 0 Å². The summed E-state index contributed by atoms with van der Waals surface area (Å²) in [6.45, 7) is 1.47. The van der Waals surface area contributed by atoms with E-state index >= 15 is 0 Å². The monoisotopic (exact) mass is 387 g/mol. The van der Waals surface area contributed by atoms with Gasteiger partial charge >= 0.3 is 5.69 Å². The summed E-state index contributed by atoms with van der Waals surface area (Å²) in [4.78, 5) is 39.5. The van der Waals surface area contributed by atoms with E-state index in [1.54, 1.807) is 31.2 Å². The molecule has 3 rings (SSSR count). The first-order valence-corrected chi connectivity index (χ1v) is 8.38. The molecular formula is C19H15ClFN3O3. The zero-order valence-corrected chi connectivity index (χ0v) is 15.0. The fourth-order valence-corrected chi connectivity index (χ4v) is 2.80. The van der Waals surface area contributed by atoms with Crippen LogP contribution in [0.4, 0.5) is 10.1 Å². The van der Waals surface area contributed by atoms with Gasteiger partial charge in [-0.3, -0.25) is 14.2 Å². The molecule has 0 saturated carbocycles. The lowest BCUT2D eigenvalue weighted by Gasteiger charge is -2.10. The quantitative estimate of drug-likeness (QED) is 0.722. The van der Waals surface area contributed by atoms with Crippen LogP contribution in [0.1, 0.15) is 21.5 Å². The van der Waals surface area contributed by atoms with Crippen molar-refractivity contribution in [3.05, 3.63) is 97.0 Å². The number of carbonyl (C=O) groups is 1. The summed E-state index contributed by atoms with van der Waals surface area (Å²) in [6, 6.07) is 10.7. The first kappa shape index (κ1) is 18.6. The van der Waals surface area contributed by atoms with Gasteiger partial charge in [-0.15, -0.1) is 0 Å². The molecule has 1 amide bonds. The lowest BCUT2D eigenvalue weighted by molar-refractivity contribution is 0.102. The Hall–Kier alpha value is -3.19. The molecule has 0 saturated heterocycles. The Morgan fingerprint density at radius 2 is 1.96 bits per heavy atom. The zero-order valence-electron chi connectivity index (χ0n) is 14.3. The number of nitrogens with one attached hydrogen (secondary N) is 2. The summed E-state index contributed by atoms with van der Waals surface area (Å²) in [5, 5.41) is 3.12. The van der Waals surface area contributed by atoms with Crippen LogP contribution in [0.2, 0.25) is 5.02 Å². The van der Waals surface area contributed by atoms with Crippen LogP contribution >= 0.6 is 11.6 Å². The van der Waals surface area contributed by atoms with E-state index in [9.17, 15) is 18.8 Å². The Bertz CT molecular complexity index is 1140. The Morgan fingerprint density at radius 1 is 1.22 bits per heavy atom. The lowest BCUT2D eigenvalue weighted by atomic mass is 10.2. The number of amides is 1. The van der Waals surface area contributed by atoms with Gasteiger partial charge in [-0.05, 0) is 36.8 Å². The maximum atomic E-state index is 13.8. The molecule has 0 fully saturated rings. The van der Waals surface area contributed by atoms with Crippen LogP contribution in [0.25, 0.3) is 0 Å². The molecule has 6 nitrogen and oxygen atoms in total. The molecule has 138 valence electrons. The molecule has 0 spiro atoms. The molecule has 0 atom stereocenters. The number of H-pyrrole nitrogens is 1. The zero-order chi connectivity index (χ0) is 19.6. The van der Waals surface area contributed by atoms with Crippen molar-refractivity contribution in [3.63, 3.8) is 0 Å². The number of rotatable bonds is 4. The molecular weight excluding hydrogens is 373 g/mol. The van der Waals surface area contributed by atoms with Crippen molar-refractivity contribution < 1.29 is 9.18 Å². The average Bonchev–Trinajstić information content (AvgIpc) is 2.62. The van der Waals surface area contributed by atoms with E-state index in [-0.39, 0.29) is 17.7 Å². The first-order chi connectivity index (χ1) is 12.9. The van der Waals surface area contributed by atoms with Gasteiger partial charge in [0.1, 0.15) is 11.4 Å². The van der Waals surface area contributed by atoms with Gasteiger partial charge in [0.25, 0.3) is 11.5 Å². The van der Waals surface area contributed by atoms with Crippen molar-refractivity contribution in [2.24, 2.45) is 0 Å². The second kappa shape index (κ2) is 7.59. The number of benzene rings is 2. The molecule has 2 N–H and O–H groups in total. The van der Waals surface area contributed by atoms with Gasteiger partial charge in [-0.1, -0.05) is 29.8 Å². The summed E-state index contributed by atoms with van der Waals surface area (Å²) < 4.78 is 14.6. The van der Waals surface area contributed by atoms with Gasteiger partial charge in [0.05, 0.1) is 6.54 Å². The summed E-state index contributed by atoms with van der Waals surface area (Å²) in [5.41, 5.74) is -0.451. The predicted molar refractivity (Wildman–Crippen MR) is 101 cm³/mol. The van der Waals surface area contributed by atoms with Crippen molar-refractivity contribution >= 4 is 23.2 Å². The van der Waals surface area contributed by atoms with Gasteiger partial charge < -0.3 is 10.3 Å². The first-order valence-electron chi connectivity index (χ1n) is 8.00. The predicted octanol–water partition coefficient (Wildman–Crippen LogP) is 2.94. The summed E-state index contributed by atoms with van der Waals surface area (Å²) in [5.74, 6) is -1.24. The number of anilines is 1. The number of nitrogens with zero attached hydrogens (tertiary/aromatic N) is 1. The molecule has 2 aromatic carbocycles. The van der Waals surface area contributed by atoms with Gasteiger partial charge in [-0.2, -0.15) is 0 Å². The normalized spacial score (nSPS) is 10.6. The molecule has 1 heterocycles. The van der Waals surface area contributed by atoms with E-state index in [0.29, 0.717) is 16.3 Å². The number of aromatic amines is 1. The molecule has 0 aliphatic heterocycles. The van der Waals surface area contributed by atoms with Crippen molar-refractivity contribution in [2.45, 2.75) is 13.5 Å². The molecule has 1 aromatic heterocycles. The van der Waals surface area contributed by atoms with E-state index in [1.165, 1.54) is 18.2 Å². The molecule has 27 heavy (non-hydrogen) atoms. The van der Waals surface area contributed by atoms with Crippen LogP contribution in [-0.4, -0.2) is 15.5 Å². The minimum Gasteiger partial charge on any atom is -0.322 e. The second-order valence-corrected chi connectivity index (χ2v) is 6.34. The molecule has 0 aliphatic rings. The standard InChI is InChI=1S/C19H15ClFN3O3/c1-11-8-13(20)6-7-16(11)23-17(25)14-9-22-19(27)24(18(14)26)10-12-4-2-3-5-15(12)21/h2-9H,10H2,1H3,(H,22,27)(H,23,25). The molecule has 0 bridgehead atoms. The second-order valence-electron chi connectivity index (χ2n) is 5.90. The Labute approximate surface area is 158 Å². The molecule has 3 aromatic rings. The van der Waals surface area contributed by atoms with Crippen LogP contribution in [0.3, 0.4) is 0 Å². The number of halogens is 2. The van der Waals surface area contributed by atoms with Gasteiger partial charge in [0, 0.05) is 22.5 Å². The third kappa shape index (κ3) is 3.98. The molecule has 0 radical (unpaired) electrons. The topological polar surface area (TPSA) is 84.0 Å². The Morgan fingerprint density at radius 3 is 2.67 bits per heavy atom. The summed E-state index contributed by atoms with van der Waals surface area (Å²) in [7, 11) is 0. The molecule has 0 unspecified atom stereocenters. The fraction of sp³-hybridized carbons (Fsp3) is 0.105. The van der Waals surface area contributed by atoms with Crippen LogP contribution < -0.4 is 16.6 Å². The summed E-state index contributed by atoms with van der Waals surface area (Å²) in [6.07, 6.45) is 1.04. The smallest absolute Gasteiger partial charge is 0.322 e. The number of hydrogen-bond donors (Lipinski definition) is 2. The average molecular weight is 388 g/mol. The van der Waals surface area contributed by atoms with E-state index in [4.69, 9.17) is 11.6 Å². The van der Waals surface area contributed by atoms with Crippen LogP contribution in [0.5, 0.6) is 0 Å². The van der Waals surface area contributed by atoms with E-state index < -0.39 is 23.0 Å². The van der Waals surface area contributed by atoms with Gasteiger partial charge in [0.15, 0.2) is 0 Å². The third-order valence-corrected chi connectivity index (χ3v) is 4.26. The minimum atomic E-state index is -0.814. The number of aromatic nitrogens is 2. The number of aryl methyl sites for hydroxylation is 1. The highest BCUT2D eigenvalue weighted by Crippen LogP contribution is 2.19. The highest BCUT2D eigenvalue weighted by atomic mass is 35.5. The van der Waals surface area contributed by atoms with Crippen LogP contribution in [0.15, 0.2) is 58.3 Å². The maximum absolute atomic E-state index is 13.8. The lowest BCUT2D eigenvalue weighted by Crippen LogP contribution is -2.39. The van der Waals surface area contributed by atoms with E-state index in [1.807, 2.05) is 0 Å². The maximum Gasteiger partial charge on any atom is 0.328 e. The highest BCUT2D eigenvalue weighted by Gasteiger charge is 2.16. The molecule has 8 heteroatoms. The SMILES string of the molecule is Cc1cc(Cl)ccc1NC(=O)c1c[nH]c(=O)n(Cc2ccccc2F)c1=O. The van der Waals surface area contributed by atoms with Crippen molar-refractivity contribution in [1.82, 2.24) is 9.55 Å². The van der Waals surface area contributed by atoms with Gasteiger partial charge in [-0.25, -0.2) is 9.18 Å². The van der Waals surface area contributed by atoms with E-state index in [0.717, 1.165) is 10.8 Å².